The average Bonchev–Trinajstić information content (AvgIpc) is 3.11. The Hall–Kier alpha value is -2.59. The number of aromatic hydroxyl groups is 1. The molecule has 4 rings (SSSR count). The predicted molar refractivity (Wildman–Crippen MR) is 104 cm³/mol. The van der Waals surface area contributed by atoms with Crippen LogP contribution in [0.15, 0.2) is 54.6 Å². The Kier molecular flexibility index (Phi) is 4.76. The number of para-hydroxylation sites is 1. The third-order valence-electron chi connectivity index (χ3n) is 5.36. The maximum absolute atomic E-state index is 12.6. The fourth-order valence-electron chi connectivity index (χ4n) is 3.84. The van der Waals surface area contributed by atoms with Crippen molar-refractivity contribution >= 4 is 17.2 Å². The van der Waals surface area contributed by atoms with Gasteiger partial charge in [-0.2, -0.15) is 0 Å². The lowest BCUT2D eigenvalue weighted by atomic mass is 9.99. The second kappa shape index (κ2) is 7.34. The van der Waals surface area contributed by atoms with Crippen molar-refractivity contribution < 1.29 is 9.90 Å². The van der Waals surface area contributed by atoms with Gasteiger partial charge in [0.05, 0.1) is 0 Å². The van der Waals surface area contributed by atoms with Crippen molar-refractivity contribution in [1.29, 1.82) is 0 Å². The van der Waals surface area contributed by atoms with E-state index in [2.05, 4.69) is 17.0 Å². The molecule has 0 aliphatic carbocycles. The summed E-state index contributed by atoms with van der Waals surface area (Å²) in [4.78, 5) is 16.9. The number of carbonyl (C=O) groups excluding carboxylic acids is 1. The quantitative estimate of drug-likeness (QED) is 0.920. The summed E-state index contributed by atoms with van der Waals surface area (Å²) in [5.74, 6) is 0.525. The molecule has 134 valence electrons. The van der Waals surface area contributed by atoms with Crippen LogP contribution in [0.5, 0.6) is 5.75 Å². The van der Waals surface area contributed by atoms with Crippen molar-refractivity contribution in [3.8, 4) is 5.75 Å². The number of hydrogen-bond donors (Lipinski definition) is 1. The van der Waals surface area contributed by atoms with Gasteiger partial charge in [-0.05, 0) is 47.7 Å². The van der Waals surface area contributed by atoms with Gasteiger partial charge < -0.3 is 10.0 Å². The van der Waals surface area contributed by atoms with Crippen molar-refractivity contribution in [2.75, 3.05) is 31.1 Å². The molecule has 2 aliphatic heterocycles. The van der Waals surface area contributed by atoms with Gasteiger partial charge in [0, 0.05) is 38.3 Å². The van der Waals surface area contributed by atoms with Crippen LogP contribution < -0.4 is 4.90 Å². The molecular weight excluding hydrogens is 324 g/mol. The highest BCUT2D eigenvalue weighted by molar-refractivity contribution is 5.95. The first-order chi connectivity index (χ1) is 12.7. The number of hydrogen-bond acceptors (Lipinski definition) is 3. The molecule has 2 aromatic rings. The minimum Gasteiger partial charge on any atom is -0.508 e. The first kappa shape index (κ1) is 16.9. The lowest BCUT2D eigenvalue weighted by Gasteiger charge is -2.27. The lowest BCUT2D eigenvalue weighted by Crippen LogP contribution is -2.35. The molecule has 0 spiro atoms. The monoisotopic (exact) mass is 348 g/mol. The first-order valence-electron chi connectivity index (χ1n) is 9.30. The third kappa shape index (κ3) is 3.51. The number of anilines is 1. The SMILES string of the molecule is O=C(CCN1CC=C(c2ccc(O)cc2)CC1)N1CCc2ccccc21. The molecule has 4 nitrogen and oxygen atoms in total. The van der Waals surface area contributed by atoms with Gasteiger partial charge in [-0.25, -0.2) is 0 Å². The van der Waals surface area contributed by atoms with Crippen LogP contribution in [0.4, 0.5) is 5.69 Å². The molecule has 2 aromatic carbocycles. The molecule has 1 N–H and O–H groups in total. The molecule has 0 unspecified atom stereocenters. The summed E-state index contributed by atoms with van der Waals surface area (Å²) in [5, 5.41) is 9.41. The smallest absolute Gasteiger partial charge is 0.228 e. The van der Waals surface area contributed by atoms with Gasteiger partial charge in [0.1, 0.15) is 5.75 Å². The number of phenols is 1. The van der Waals surface area contributed by atoms with Gasteiger partial charge in [0.2, 0.25) is 5.91 Å². The summed E-state index contributed by atoms with van der Waals surface area (Å²) in [6.07, 6.45) is 4.75. The van der Waals surface area contributed by atoms with E-state index >= 15 is 0 Å². The number of amides is 1. The Morgan fingerprint density at radius 2 is 1.81 bits per heavy atom. The summed E-state index contributed by atoms with van der Waals surface area (Å²) in [7, 11) is 0. The van der Waals surface area contributed by atoms with E-state index in [0.29, 0.717) is 12.2 Å². The second-order valence-corrected chi connectivity index (χ2v) is 7.00. The van der Waals surface area contributed by atoms with Gasteiger partial charge in [0.15, 0.2) is 0 Å². The molecular formula is C22H24N2O2. The van der Waals surface area contributed by atoms with Gasteiger partial charge in [-0.15, -0.1) is 0 Å². The van der Waals surface area contributed by atoms with Crippen molar-refractivity contribution in [2.24, 2.45) is 0 Å². The number of carbonyl (C=O) groups is 1. The average molecular weight is 348 g/mol. The number of fused-ring (bicyclic) bond motifs is 1. The molecule has 0 bridgehead atoms. The van der Waals surface area contributed by atoms with Crippen LogP contribution in [0.1, 0.15) is 24.0 Å². The second-order valence-electron chi connectivity index (χ2n) is 7.00. The van der Waals surface area contributed by atoms with Gasteiger partial charge in [0.25, 0.3) is 0 Å². The zero-order valence-electron chi connectivity index (χ0n) is 14.9. The molecule has 0 saturated carbocycles. The summed E-state index contributed by atoms with van der Waals surface area (Å²) < 4.78 is 0. The predicted octanol–water partition coefficient (Wildman–Crippen LogP) is 3.46. The molecule has 0 fully saturated rings. The van der Waals surface area contributed by atoms with E-state index in [1.54, 1.807) is 12.1 Å². The minimum atomic E-state index is 0.225. The molecule has 0 saturated heterocycles. The van der Waals surface area contributed by atoms with Gasteiger partial charge >= 0.3 is 0 Å². The topological polar surface area (TPSA) is 43.8 Å². The van der Waals surface area contributed by atoms with Crippen LogP contribution in [0.2, 0.25) is 0 Å². The van der Waals surface area contributed by atoms with Crippen LogP contribution in [-0.4, -0.2) is 42.1 Å². The maximum atomic E-state index is 12.6. The zero-order chi connectivity index (χ0) is 17.9. The fourth-order valence-corrected chi connectivity index (χ4v) is 3.84. The van der Waals surface area contributed by atoms with Crippen molar-refractivity contribution in [1.82, 2.24) is 4.90 Å². The number of benzene rings is 2. The molecule has 2 heterocycles. The third-order valence-corrected chi connectivity index (χ3v) is 5.36. The first-order valence-corrected chi connectivity index (χ1v) is 9.30. The Bertz CT molecular complexity index is 826. The summed E-state index contributed by atoms with van der Waals surface area (Å²) in [6.45, 7) is 3.45. The largest absolute Gasteiger partial charge is 0.508 e. The summed E-state index contributed by atoms with van der Waals surface area (Å²) >= 11 is 0. The van der Waals surface area contributed by atoms with Crippen molar-refractivity contribution in [2.45, 2.75) is 19.3 Å². The van der Waals surface area contributed by atoms with Crippen LogP contribution >= 0.6 is 0 Å². The standard InChI is InChI=1S/C22H24N2O2/c25-20-7-5-17(6-8-20)18-9-13-23(14-10-18)15-12-22(26)24-16-11-19-3-1-2-4-21(19)24/h1-9,25H,10-16H2. The number of rotatable bonds is 4. The maximum Gasteiger partial charge on any atom is 0.228 e. The fraction of sp³-hybridized carbons (Fsp3) is 0.318. The van der Waals surface area contributed by atoms with E-state index in [-0.39, 0.29) is 5.91 Å². The Morgan fingerprint density at radius 1 is 1.00 bits per heavy atom. The molecule has 26 heavy (non-hydrogen) atoms. The van der Waals surface area contributed by atoms with E-state index in [0.717, 1.165) is 44.7 Å². The summed E-state index contributed by atoms with van der Waals surface area (Å²) in [6, 6.07) is 15.6. The van der Waals surface area contributed by atoms with E-state index in [1.165, 1.54) is 16.7 Å². The molecule has 0 atom stereocenters. The highest BCUT2D eigenvalue weighted by Crippen LogP contribution is 2.28. The van der Waals surface area contributed by atoms with E-state index in [9.17, 15) is 9.90 Å². The molecule has 4 heteroatoms. The van der Waals surface area contributed by atoms with Crippen molar-refractivity contribution in [3.05, 3.63) is 65.7 Å². The van der Waals surface area contributed by atoms with Crippen LogP contribution in [-0.2, 0) is 11.2 Å². The van der Waals surface area contributed by atoms with E-state index < -0.39 is 0 Å². The van der Waals surface area contributed by atoms with Gasteiger partial charge in [-0.1, -0.05) is 36.4 Å². The lowest BCUT2D eigenvalue weighted by molar-refractivity contribution is -0.118. The van der Waals surface area contributed by atoms with Crippen LogP contribution in [0.25, 0.3) is 5.57 Å². The Labute approximate surface area is 154 Å². The number of nitrogens with zero attached hydrogens (tertiary/aromatic N) is 2. The van der Waals surface area contributed by atoms with E-state index in [1.807, 2.05) is 35.2 Å². The summed E-state index contributed by atoms with van der Waals surface area (Å²) in [5.41, 5.74) is 4.86. The Morgan fingerprint density at radius 3 is 2.58 bits per heavy atom. The normalized spacial score (nSPS) is 17.1. The molecule has 0 radical (unpaired) electrons. The minimum absolute atomic E-state index is 0.225. The number of phenolic OH excluding ortho intramolecular Hbond substituents is 1. The molecule has 2 aliphatic rings. The van der Waals surface area contributed by atoms with E-state index in [4.69, 9.17) is 0 Å². The molecule has 0 aromatic heterocycles. The Balaban J connectivity index is 1.31. The van der Waals surface area contributed by atoms with Crippen molar-refractivity contribution in [3.63, 3.8) is 0 Å². The zero-order valence-corrected chi connectivity index (χ0v) is 14.9. The van der Waals surface area contributed by atoms with Gasteiger partial charge in [-0.3, -0.25) is 9.69 Å². The van der Waals surface area contributed by atoms with Crippen LogP contribution in [0.3, 0.4) is 0 Å². The van der Waals surface area contributed by atoms with Crippen LogP contribution in [0, 0.1) is 0 Å². The highest BCUT2D eigenvalue weighted by atomic mass is 16.3. The highest BCUT2D eigenvalue weighted by Gasteiger charge is 2.24. The molecule has 1 amide bonds.